The van der Waals surface area contributed by atoms with Gasteiger partial charge in [0, 0.05) is 24.0 Å². The molecule has 144 valence electrons. The van der Waals surface area contributed by atoms with Crippen LogP contribution in [0.15, 0.2) is 36.7 Å². The summed E-state index contributed by atoms with van der Waals surface area (Å²) in [6, 6.07) is 7.09. The highest BCUT2D eigenvalue weighted by Gasteiger charge is 2.50. The zero-order valence-electron chi connectivity index (χ0n) is 15.6. The topological polar surface area (TPSA) is 41.4 Å². The standard InChI is InChI=1S/C20H24ClFN4O/c1-20(2)10-18-17(26(20)16-6-3-5-15(22)9-16)7-4-8-25(18)19(27)13-24-12-14(21)11-23-24/h3,5-6,9,11-12,17-18H,4,7-8,10,13H2,1-2H3/t17-,18-/m0/s1. The molecule has 3 heterocycles. The molecule has 0 bridgehead atoms. The number of hydrogen-bond donors (Lipinski definition) is 0. The van der Waals surface area contributed by atoms with Crippen LogP contribution in [0, 0.1) is 5.82 Å². The maximum Gasteiger partial charge on any atom is 0.244 e. The summed E-state index contributed by atoms with van der Waals surface area (Å²) in [6.45, 7) is 5.29. The number of hydrogen-bond acceptors (Lipinski definition) is 3. The molecule has 4 rings (SSSR count). The number of amides is 1. The van der Waals surface area contributed by atoms with Gasteiger partial charge in [0.2, 0.25) is 5.91 Å². The summed E-state index contributed by atoms with van der Waals surface area (Å²) in [5, 5.41) is 4.65. The van der Waals surface area contributed by atoms with Gasteiger partial charge in [-0.3, -0.25) is 9.48 Å². The Morgan fingerprint density at radius 2 is 2.19 bits per heavy atom. The van der Waals surface area contributed by atoms with Crippen LogP contribution >= 0.6 is 11.6 Å². The van der Waals surface area contributed by atoms with E-state index in [0.717, 1.165) is 31.5 Å². The molecule has 2 fully saturated rings. The number of rotatable bonds is 3. The lowest BCUT2D eigenvalue weighted by Crippen LogP contribution is -2.53. The lowest BCUT2D eigenvalue weighted by molar-refractivity contribution is -0.135. The molecule has 1 aromatic heterocycles. The molecule has 7 heteroatoms. The number of piperidine rings is 1. The van der Waals surface area contributed by atoms with Gasteiger partial charge in [-0.15, -0.1) is 0 Å². The quantitative estimate of drug-likeness (QED) is 0.802. The van der Waals surface area contributed by atoms with E-state index < -0.39 is 0 Å². The Morgan fingerprint density at radius 3 is 2.89 bits per heavy atom. The molecule has 2 aromatic rings. The fraction of sp³-hybridized carbons (Fsp3) is 0.500. The van der Waals surface area contributed by atoms with Gasteiger partial charge in [0.1, 0.15) is 12.4 Å². The molecular formula is C20H24ClFN4O. The third-order valence-corrected chi connectivity index (χ3v) is 5.94. The smallest absolute Gasteiger partial charge is 0.244 e. The largest absolute Gasteiger partial charge is 0.361 e. The van der Waals surface area contributed by atoms with Gasteiger partial charge in [0.25, 0.3) is 0 Å². The second kappa shape index (κ2) is 6.82. The molecule has 0 unspecified atom stereocenters. The zero-order chi connectivity index (χ0) is 19.2. The molecule has 2 saturated heterocycles. The van der Waals surface area contributed by atoms with Gasteiger partial charge < -0.3 is 9.80 Å². The summed E-state index contributed by atoms with van der Waals surface area (Å²) in [5.74, 6) is -0.174. The van der Waals surface area contributed by atoms with E-state index >= 15 is 0 Å². The average molecular weight is 391 g/mol. The normalized spacial score (nSPS) is 24.1. The Kier molecular flexibility index (Phi) is 4.62. The van der Waals surface area contributed by atoms with Crippen LogP contribution in [0.4, 0.5) is 10.1 Å². The number of aromatic nitrogens is 2. The third kappa shape index (κ3) is 3.43. The van der Waals surface area contributed by atoms with Crippen LogP contribution in [0.2, 0.25) is 5.02 Å². The van der Waals surface area contributed by atoms with E-state index in [1.54, 1.807) is 23.0 Å². The van der Waals surface area contributed by atoms with Crippen molar-refractivity contribution < 1.29 is 9.18 Å². The number of likely N-dealkylation sites (tertiary alicyclic amines) is 1. The van der Waals surface area contributed by atoms with E-state index in [9.17, 15) is 9.18 Å². The van der Waals surface area contributed by atoms with Gasteiger partial charge in [-0.2, -0.15) is 5.10 Å². The molecule has 0 radical (unpaired) electrons. The minimum atomic E-state index is -0.231. The van der Waals surface area contributed by atoms with Gasteiger partial charge in [-0.25, -0.2) is 4.39 Å². The van der Waals surface area contributed by atoms with Gasteiger partial charge in [0.05, 0.1) is 23.3 Å². The number of anilines is 1. The lowest BCUT2D eigenvalue weighted by atomic mass is 9.94. The molecule has 5 nitrogen and oxygen atoms in total. The first kappa shape index (κ1) is 18.3. The molecule has 0 saturated carbocycles. The predicted molar refractivity (Wildman–Crippen MR) is 103 cm³/mol. The summed E-state index contributed by atoms with van der Waals surface area (Å²) in [6.07, 6.45) is 6.01. The van der Waals surface area contributed by atoms with Crippen molar-refractivity contribution in [2.45, 2.75) is 57.3 Å². The third-order valence-electron chi connectivity index (χ3n) is 5.74. The minimum absolute atomic E-state index is 0.0568. The van der Waals surface area contributed by atoms with Crippen molar-refractivity contribution in [1.82, 2.24) is 14.7 Å². The second-order valence-electron chi connectivity index (χ2n) is 8.09. The van der Waals surface area contributed by atoms with Gasteiger partial charge in [-0.05, 0) is 51.3 Å². The number of carbonyl (C=O) groups is 1. The number of benzene rings is 1. The number of nitrogens with zero attached hydrogens (tertiary/aromatic N) is 4. The van der Waals surface area contributed by atoms with Crippen molar-refractivity contribution in [3.05, 3.63) is 47.5 Å². The first-order chi connectivity index (χ1) is 12.8. The second-order valence-corrected chi connectivity index (χ2v) is 8.52. The molecule has 2 aliphatic rings. The van der Waals surface area contributed by atoms with Crippen molar-refractivity contribution in [1.29, 1.82) is 0 Å². The van der Waals surface area contributed by atoms with Gasteiger partial charge in [-0.1, -0.05) is 17.7 Å². The highest BCUT2D eigenvalue weighted by Crippen LogP contribution is 2.43. The van der Waals surface area contributed by atoms with E-state index in [4.69, 9.17) is 11.6 Å². The Bertz CT molecular complexity index is 852. The molecule has 27 heavy (non-hydrogen) atoms. The van der Waals surface area contributed by atoms with E-state index in [0.29, 0.717) is 5.02 Å². The lowest BCUT2D eigenvalue weighted by Gasteiger charge is -2.42. The Labute approximate surface area is 163 Å². The van der Waals surface area contributed by atoms with E-state index in [-0.39, 0.29) is 35.9 Å². The predicted octanol–water partition coefficient (Wildman–Crippen LogP) is 3.72. The van der Waals surface area contributed by atoms with Gasteiger partial charge >= 0.3 is 0 Å². The summed E-state index contributed by atoms with van der Waals surface area (Å²) in [4.78, 5) is 17.3. The van der Waals surface area contributed by atoms with Crippen LogP contribution < -0.4 is 4.90 Å². The molecule has 0 spiro atoms. The Hall–Kier alpha value is -2.08. The van der Waals surface area contributed by atoms with E-state index in [1.165, 1.54) is 12.3 Å². The maximum absolute atomic E-state index is 13.8. The van der Waals surface area contributed by atoms with Crippen molar-refractivity contribution >= 4 is 23.2 Å². The molecule has 2 atom stereocenters. The molecule has 1 amide bonds. The minimum Gasteiger partial charge on any atom is -0.361 e. The average Bonchev–Trinajstić information content (AvgIpc) is 3.12. The Morgan fingerprint density at radius 1 is 1.37 bits per heavy atom. The van der Waals surface area contributed by atoms with Crippen LogP contribution in [-0.2, 0) is 11.3 Å². The molecule has 0 aliphatic carbocycles. The van der Waals surface area contributed by atoms with Crippen molar-refractivity contribution in [2.24, 2.45) is 0 Å². The molecule has 2 aliphatic heterocycles. The first-order valence-electron chi connectivity index (χ1n) is 9.37. The molecular weight excluding hydrogens is 367 g/mol. The highest BCUT2D eigenvalue weighted by molar-refractivity contribution is 6.30. The summed E-state index contributed by atoms with van der Waals surface area (Å²) in [7, 11) is 0. The van der Waals surface area contributed by atoms with Crippen LogP contribution in [0.1, 0.15) is 33.1 Å². The van der Waals surface area contributed by atoms with Crippen molar-refractivity contribution in [3.8, 4) is 0 Å². The highest BCUT2D eigenvalue weighted by atomic mass is 35.5. The fourth-order valence-corrected chi connectivity index (χ4v) is 4.93. The van der Waals surface area contributed by atoms with Crippen LogP contribution in [0.25, 0.3) is 0 Å². The monoisotopic (exact) mass is 390 g/mol. The van der Waals surface area contributed by atoms with Gasteiger partial charge in [0.15, 0.2) is 0 Å². The maximum atomic E-state index is 13.8. The number of halogens is 2. The van der Waals surface area contributed by atoms with Crippen LogP contribution in [0.3, 0.4) is 0 Å². The molecule has 1 aromatic carbocycles. The van der Waals surface area contributed by atoms with Crippen molar-refractivity contribution in [2.75, 3.05) is 11.4 Å². The summed E-state index contributed by atoms with van der Waals surface area (Å²) in [5.41, 5.74) is 0.738. The number of carbonyl (C=O) groups excluding carboxylic acids is 1. The fourth-order valence-electron chi connectivity index (χ4n) is 4.77. The van der Waals surface area contributed by atoms with E-state index in [1.807, 2.05) is 11.0 Å². The van der Waals surface area contributed by atoms with Crippen molar-refractivity contribution in [3.63, 3.8) is 0 Å². The summed E-state index contributed by atoms with van der Waals surface area (Å²) >= 11 is 5.91. The molecule has 0 N–H and O–H groups in total. The first-order valence-corrected chi connectivity index (χ1v) is 9.75. The van der Waals surface area contributed by atoms with Crippen LogP contribution in [0.5, 0.6) is 0 Å². The van der Waals surface area contributed by atoms with Crippen LogP contribution in [-0.4, -0.2) is 44.8 Å². The van der Waals surface area contributed by atoms with E-state index in [2.05, 4.69) is 23.8 Å². The number of fused-ring (bicyclic) bond motifs is 1. The SMILES string of the molecule is CC1(C)C[C@H]2[C@H](CCCN2C(=O)Cn2cc(Cl)cn2)N1c1cccc(F)c1. The zero-order valence-corrected chi connectivity index (χ0v) is 16.4. The summed E-state index contributed by atoms with van der Waals surface area (Å²) < 4.78 is 15.4. The Balaban J connectivity index is 1.59.